The van der Waals surface area contributed by atoms with E-state index < -0.39 is 0 Å². The van der Waals surface area contributed by atoms with Crippen molar-refractivity contribution >= 4 is 11.6 Å². The van der Waals surface area contributed by atoms with Crippen molar-refractivity contribution in [3.05, 3.63) is 65.6 Å². The van der Waals surface area contributed by atoms with Crippen molar-refractivity contribution < 1.29 is 9.53 Å². The third-order valence-electron chi connectivity index (χ3n) is 6.54. The molecule has 3 aromatic rings. The topological polar surface area (TPSA) is 72.3 Å². The molecule has 0 radical (unpaired) electrons. The van der Waals surface area contributed by atoms with Crippen LogP contribution in [-0.2, 0) is 13.1 Å². The van der Waals surface area contributed by atoms with Crippen LogP contribution in [0.2, 0.25) is 0 Å². The van der Waals surface area contributed by atoms with Gasteiger partial charge in [0, 0.05) is 37.1 Å². The number of hydrogen-bond acceptors (Lipinski definition) is 5. The molecule has 0 unspecified atom stereocenters. The van der Waals surface area contributed by atoms with Crippen LogP contribution in [0.25, 0.3) is 5.82 Å². The third kappa shape index (κ3) is 4.25. The molecule has 2 aliphatic rings. The molecule has 1 N–H and O–H groups in total. The van der Waals surface area contributed by atoms with Gasteiger partial charge in [-0.1, -0.05) is 25.3 Å². The molecule has 1 amide bonds. The number of benzene rings is 1. The molecule has 0 bridgehead atoms. The third-order valence-corrected chi connectivity index (χ3v) is 6.54. The summed E-state index contributed by atoms with van der Waals surface area (Å²) in [6.45, 7) is 2.54. The number of carbonyl (C=O) groups excluding carboxylic acids is 1. The second kappa shape index (κ2) is 9.12. The molecule has 1 saturated carbocycles. The van der Waals surface area contributed by atoms with Gasteiger partial charge < -0.3 is 10.1 Å². The van der Waals surface area contributed by atoms with Gasteiger partial charge in [0.15, 0.2) is 5.82 Å². The summed E-state index contributed by atoms with van der Waals surface area (Å²) < 4.78 is 7.05. The first-order valence-corrected chi connectivity index (χ1v) is 11.4. The number of ether oxygens (including phenoxy) is 1. The fourth-order valence-electron chi connectivity index (χ4n) is 4.89. The van der Waals surface area contributed by atoms with Gasteiger partial charge in [-0.15, -0.1) is 0 Å². The summed E-state index contributed by atoms with van der Waals surface area (Å²) in [5.41, 5.74) is 3.35. The lowest BCUT2D eigenvalue weighted by molar-refractivity contribution is 0.102. The summed E-state index contributed by atoms with van der Waals surface area (Å²) in [6.07, 6.45) is 10.0. The normalized spacial score (nSPS) is 16.7. The van der Waals surface area contributed by atoms with Gasteiger partial charge in [0.25, 0.3) is 5.91 Å². The predicted molar refractivity (Wildman–Crippen MR) is 123 cm³/mol. The van der Waals surface area contributed by atoms with Crippen molar-refractivity contribution in [3.63, 3.8) is 0 Å². The van der Waals surface area contributed by atoms with Gasteiger partial charge in [-0.2, -0.15) is 5.10 Å². The first-order valence-electron chi connectivity index (χ1n) is 11.4. The molecule has 1 fully saturated rings. The zero-order valence-electron chi connectivity index (χ0n) is 18.5. The van der Waals surface area contributed by atoms with Gasteiger partial charge in [-0.3, -0.25) is 9.69 Å². The maximum absolute atomic E-state index is 13.2. The standard InChI is InChI=1S/C25H29N5O2/c1-32-21-11-9-20(10-12-21)28-25(31)22-14-27-30-23(22)17-29(15-18-6-3-2-4-7-18)16-19-8-5-13-26-24(19)30/h5,8-14,18H,2-4,6-7,15-17H2,1H3,(H,28,31). The number of carbonyl (C=O) groups is 1. The van der Waals surface area contributed by atoms with E-state index in [1.807, 2.05) is 35.0 Å². The van der Waals surface area contributed by atoms with Crippen LogP contribution in [0, 0.1) is 5.92 Å². The maximum Gasteiger partial charge on any atom is 0.259 e. The summed E-state index contributed by atoms with van der Waals surface area (Å²) in [5.74, 6) is 2.13. The number of pyridine rings is 1. The molecule has 0 saturated heterocycles. The van der Waals surface area contributed by atoms with Crippen LogP contribution in [0.3, 0.4) is 0 Å². The van der Waals surface area contributed by atoms with Crippen LogP contribution in [0.1, 0.15) is 53.7 Å². The van der Waals surface area contributed by atoms with E-state index in [4.69, 9.17) is 4.74 Å². The SMILES string of the molecule is COc1ccc(NC(=O)c2cnn3c2CN(CC2CCCCC2)Cc2cccnc2-3)cc1. The highest BCUT2D eigenvalue weighted by Crippen LogP contribution is 2.29. The van der Waals surface area contributed by atoms with Gasteiger partial charge in [0.2, 0.25) is 0 Å². The largest absolute Gasteiger partial charge is 0.497 e. The monoisotopic (exact) mass is 431 g/mol. The second-order valence-electron chi connectivity index (χ2n) is 8.76. The van der Waals surface area contributed by atoms with Gasteiger partial charge in [-0.25, -0.2) is 9.67 Å². The maximum atomic E-state index is 13.2. The van der Waals surface area contributed by atoms with E-state index in [1.165, 1.54) is 32.1 Å². The highest BCUT2D eigenvalue weighted by atomic mass is 16.5. The first-order chi connectivity index (χ1) is 15.7. The molecular formula is C25H29N5O2. The Morgan fingerprint density at radius 1 is 1.12 bits per heavy atom. The molecule has 1 aliphatic heterocycles. The summed E-state index contributed by atoms with van der Waals surface area (Å²) in [4.78, 5) is 20.3. The van der Waals surface area contributed by atoms with E-state index in [0.717, 1.165) is 47.5 Å². The molecule has 3 heterocycles. The average molecular weight is 432 g/mol. The summed E-state index contributed by atoms with van der Waals surface area (Å²) in [7, 11) is 1.63. The van der Waals surface area contributed by atoms with Gasteiger partial charge in [-0.05, 0) is 49.1 Å². The van der Waals surface area contributed by atoms with Crippen LogP contribution < -0.4 is 10.1 Å². The molecule has 2 aromatic heterocycles. The van der Waals surface area contributed by atoms with Crippen molar-refractivity contribution in [1.29, 1.82) is 0 Å². The lowest BCUT2D eigenvalue weighted by atomic mass is 9.89. The van der Waals surface area contributed by atoms with E-state index in [1.54, 1.807) is 19.5 Å². The lowest BCUT2D eigenvalue weighted by Crippen LogP contribution is -2.30. The minimum Gasteiger partial charge on any atom is -0.497 e. The fraction of sp³-hybridized carbons (Fsp3) is 0.400. The van der Waals surface area contributed by atoms with Crippen LogP contribution in [-0.4, -0.2) is 39.2 Å². The van der Waals surface area contributed by atoms with Crippen LogP contribution in [0.4, 0.5) is 5.69 Å². The Hall–Kier alpha value is -3.19. The second-order valence-corrected chi connectivity index (χ2v) is 8.76. The molecule has 7 heteroatoms. The van der Waals surface area contributed by atoms with Crippen LogP contribution in [0.15, 0.2) is 48.8 Å². The van der Waals surface area contributed by atoms with Crippen molar-refractivity contribution in [2.24, 2.45) is 5.92 Å². The van der Waals surface area contributed by atoms with Crippen LogP contribution >= 0.6 is 0 Å². The number of amides is 1. The Labute approximate surface area is 188 Å². The van der Waals surface area contributed by atoms with Crippen molar-refractivity contribution in [1.82, 2.24) is 19.7 Å². The lowest BCUT2D eigenvalue weighted by Gasteiger charge is -2.28. The van der Waals surface area contributed by atoms with Gasteiger partial charge in [0.05, 0.1) is 24.6 Å². The molecule has 0 spiro atoms. The Balaban J connectivity index is 1.43. The highest BCUT2D eigenvalue weighted by Gasteiger charge is 2.28. The van der Waals surface area contributed by atoms with E-state index in [2.05, 4.69) is 26.4 Å². The van der Waals surface area contributed by atoms with Crippen molar-refractivity contribution in [2.75, 3.05) is 19.0 Å². The van der Waals surface area contributed by atoms with E-state index in [-0.39, 0.29) is 5.91 Å². The minimum atomic E-state index is -0.159. The fourth-order valence-corrected chi connectivity index (χ4v) is 4.89. The van der Waals surface area contributed by atoms with E-state index in [0.29, 0.717) is 12.1 Å². The van der Waals surface area contributed by atoms with Gasteiger partial charge in [0.1, 0.15) is 5.75 Å². The quantitative estimate of drug-likeness (QED) is 0.647. The summed E-state index contributed by atoms with van der Waals surface area (Å²) in [6, 6.07) is 11.4. The Morgan fingerprint density at radius 2 is 1.94 bits per heavy atom. The molecule has 0 atom stereocenters. The Bertz CT molecular complexity index is 1090. The molecule has 166 valence electrons. The van der Waals surface area contributed by atoms with E-state index in [9.17, 15) is 4.79 Å². The smallest absolute Gasteiger partial charge is 0.259 e. The number of nitrogens with one attached hydrogen (secondary N) is 1. The number of aromatic nitrogens is 3. The number of methoxy groups -OCH3 is 1. The molecule has 5 rings (SSSR count). The molecular weight excluding hydrogens is 402 g/mol. The zero-order valence-corrected chi connectivity index (χ0v) is 18.5. The summed E-state index contributed by atoms with van der Waals surface area (Å²) in [5, 5.41) is 7.58. The number of rotatable bonds is 5. The molecule has 1 aliphatic carbocycles. The highest BCUT2D eigenvalue weighted by molar-refractivity contribution is 6.05. The van der Waals surface area contributed by atoms with Crippen molar-refractivity contribution in [3.8, 4) is 11.6 Å². The van der Waals surface area contributed by atoms with Crippen LogP contribution in [0.5, 0.6) is 5.75 Å². The number of fused-ring (bicyclic) bond motifs is 3. The minimum absolute atomic E-state index is 0.159. The molecule has 7 nitrogen and oxygen atoms in total. The number of anilines is 1. The van der Waals surface area contributed by atoms with Gasteiger partial charge >= 0.3 is 0 Å². The predicted octanol–water partition coefficient (Wildman–Crippen LogP) is 4.42. The average Bonchev–Trinajstić information content (AvgIpc) is 3.17. The Kier molecular flexibility index (Phi) is 5.90. The summed E-state index contributed by atoms with van der Waals surface area (Å²) >= 11 is 0. The number of hydrogen-bond donors (Lipinski definition) is 1. The number of nitrogens with zero attached hydrogens (tertiary/aromatic N) is 4. The molecule has 1 aromatic carbocycles. The van der Waals surface area contributed by atoms with Crippen molar-refractivity contribution in [2.45, 2.75) is 45.2 Å². The Morgan fingerprint density at radius 3 is 2.72 bits per heavy atom. The molecule has 32 heavy (non-hydrogen) atoms. The van der Waals surface area contributed by atoms with E-state index >= 15 is 0 Å². The first kappa shape index (κ1) is 20.7. The zero-order chi connectivity index (χ0) is 21.9.